The number of rotatable bonds is 8. The number of amides is 1. The summed E-state index contributed by atoms with van der Waals surface area (Å²) in [4.78, 5) is 24.0. The van der Waals surface area contributed by atoms with Gasteiger partial charge in [0.2, 0.25) is 0 Å². The summed E-state index contributed by atoms with van der Waals surface area (Å²) in [6.45, 7) is 5.45. The Morgan fingerprint density at radius 1 is 1.13 bits per heavy atom. The van der Waals surface area contributed by atoms with Crippen LogP contribution in [0.2, 0.25) is 5.02 Å². The van der Waals surface area contributed by atoms with Crippen molar-refractivity contribution in [3.05, 3.63) is 52.5 Å². The average Bonchev–Trinajstić information content (AvgIpc) is 2.68. The molecule has 0 aliphatic rings. The van der Waals surface area contributed by atoms with E-state index in [4.69, 9.17) is 21.1 Å². The van der Waals surface area contributed by atoms with Gasteiger partial charge >= 0.3 is 5.97 Å². The van der Waals surface area contributed by atoms with Crippen molar-refractivity contribution in [1.82, 2.24) is 5.32 Å². The SMILES string of the molecule is CCOC(=O)c1ccc(NS(=O)(=O)c2ccc(OC)c(C(=O)NC(C)C)c2)c(Cl)c1. The van der Waals surface area contributed by atoms with Crippen LogP contribution in [0.3, 0.4) is 0 Å². The van der Waals surface area contributed by atoms with E-state index in [1.807, 2.05) is 0 Å². The molecule has 0 fully saturated rings. The van der Waals surface area contributed by atoms with Gasteiger partial charge in [-0.25, -0.2) is 13.2 Å². The van der Waals surface area contributed by atoms with Gasteiger partial charge in [0.25, 0.3) is 15.9 Å². The molecule has 0 saturated heterocycles. The van der Waals surface area contributed by atoms with E-state index in [0.717, 1.165) is 0 Å². The van der Waals surface area contributed by atoms with Crippen LogP contribution in [0.15, 0.2) is 41.3 Å². The molecule has 162 valence electrons. The van der Waals surface area contributed by atoms with Crippen molar-refractivity contribution in [2.45, 2.75) is 31.7 Å². The third-order valence-corrected chi connectivity index (χ3v) is 5.55. The molecule has 0 bridgehead atoms. The molecule has 2 rings (SSSR count). The Morgan fingerprint density at radius 2 is 1.83 bits per heavy atom. The lowest BCUT2D eigenvalue weighted by Crippen LogP contribution is -2.30. The third kappa shape index (κ3) is 5.64. The number of ether oxygens (including phenoxy) is 2. The summed E-state index contributed by atoms with van der Waals surface area (Å²) in [6, 6.07) is 7.87. The summed E-state index contributed by atoms with van der Waals surface area (Å²) in [6.07, 6.45) is 0. The van der Waals surface area contributed by atoms with Gasteiger partial charge in [-0.05, 0) is 57.2 Å². The van der Waals surface area contributed by atoms with E-state index in [9.17, 15) is 18.0 Å². The first-order valence-corrected chi connectivity index (χ1v) is 10.9. The molecule has 10 heteroatoms. The summed E-state index contributed by atoms with van der Waals surface area (Å²) in [5, 5.41) is 2.72. The first-order chi connectivity index (χ1) is 14.1. The van der Waals surface area contributed by atoms with E-state index in [1.54, 1.807) is 20.8 Å². The maximum atomic E-state index is 12.8. The van der Waals surface area contributed by atoms with E-state index in [1.165, 1.54) is 43.5 Å². The van der Waals surface area contributed by atoms with Gasteiger partial charge in [0.05, 0.1) is 40.4 Å². The minimum absolute atomic E-state index is 0.0235. The van der Waals surface area contributed by atoms with Crippen LogP contribution in [0.1, 0.15) is 41.5 Å². The van der Waals surface area contributed by atoms with E-state index in [2.05, 4.69) is 10.0 Å². The Morgan fingerprint density at radius 3 is 2.40 bits per heavy atom. The Hall–Kier alpha value is -2.78. The van der Waals surface area contributed by atoms with Gasteiger partial charge in [0.1, 0.15) is 5.75 Å². The predicted octanol–water partition coefficient (Wildman–Crippen LogP) is 3.46. The molecule has 0 radical (unpaired) electrons. The molecule has 1 amide bonds. The highest BCUT2D eigenvalue weighted by molar-refractivity contribution is 7.92. The van der Waals surface area contributed by atoms with Crippen molar-refractivity contribution < 1.29 is 27.5 Å². The van der Waals surface area contributed by atoms with Crippen molar-refractivity contribution in [1.29, 1.82) is 0 Å². The van der Waals surface area contributed by atoms with Crippen molar-refractivity contribution in [3.63, 3.8) is 0 Å². The number of sulfonamides is 1. The molecule has 0 aliphatic heterocycles. The number of halogens is 1. The molecule has 30 heavy (non-hydrogen) atoms. The lowest BCUT2D eigenvalue weighted by molar-refractivity contribution is 0.0526. The predicted molar refractivity (Wildman–Crippen MR) is 114 cm³/mol. The smallest absolute Gasteiger partial charge is 0.338 e. The van der Waals surface area contributed by atoms with Gasteiger partial charge in [0, 0.05) is 6.04 Å². The largest absolute Gasteiger partial charge is 0.496 e. The molecule has 0 aliphatic carbocycles. The van der Waals surface area contributed by atoms with Gasteiger partial charge in [-0.1, -0.05) is 11.6 Å². The average molecular weight is 455 g/mol. The number of benzene rings is 2. The van der Waals surface area contributed by atoms with Crippen LogP contribution in [0.5, 0.6) is 5.75 Å². The van der Waals surface area contributed by atoms with Crippen molar-refractivity contribution in [2.75, 3.05) is 18.4 Å². The summed E-state index contributed by atoms with van der Waals surface area (Å²) < 4.78 is 38.1. The lowest BCUT2D eigenvalue weighted by atomic mass is 10.2. The molecule has 0 heterocycles. The lowest BCUT2D eigenvalue weighted by Gasteiger charge is -2.14. The summed E-state index contributed by atoms with van der Waals surface area (Å²) >= 11 is 6.13. The van der Waals surface area contributed by atoms with Crippen LogP contribution in [-0.2, 0) is 14.8 Å². The highest BCUT2D eigenvalue weighted by Gasteiger charge is 2.21. The zero-order valence-electron chi connectivity index (χ0n) is 17.0. The van der Waals surface area contributed by atoms with E-state index < -0.39 is 21.9 Å². The zero-order valence-corrected chi connectivity index (χ0v) is 18.6. The first-order valence-electron chi connectivity index (χ1n) is 9.07. The molecular weight excluding hydrogens is 432 g/mol. The van der Waals surface area contributed by atoms with Crippen LogP contribution in [0.4, 0.5) is 5.69 Å². The van der Waals surface area contributed by atoms with Gasteiger partial charge < -0.3 is 14.8 Å². The number of methoxy groups -OCH3 is 1. The van der Waals surface area contributed by atoms with Crippen LogP contribution in [0, 0.1) is 0 Å². The van der Waals surface area contributed by atoms with Gasteiger partial charge in [-0.15, -0.1) is 0 Å². The molecule has 2 aromatic rings. The van der Waals surface area contributed by atoms with E-state index >= 15 is 0 Å². The standard InChI is InChI=1S/C20H23ClN2O6S/c1-5-29-20(25)13-6-8-17(16(21)10-13)23-30(26,27)14-7-9-18(28-4)15(11-14)19(24)22-12(2)3/h6-12,23H,5H2,1-4H3,(H,22,24). The fourth-order valence-electron chi connectivity index (χ4n) is 2.51. The molecule has 0 unspecified atom stereocenters. The quantitative estimate of drug-likeness (QED) is 0.591. The van der Waals surface area contributed by atoms with Crippen LogP contribution in [0.25, 0.3) is 0 Å². The van der Waals surface area contributed by atoms with Crippen LogP contribution in [-0.4, -0.2) is 40.1 Å². The van der Waals surface area contributed by atoms with E-state index in [0.29, 0.717) is 0 Å². The molecule has 0 aromatic heterocycles. The Labute approximate surface area is 180 Å². The molecule has 2 aromatic carbocycles. The summed E-state index contributed by atoms with van der Waals surface area (Å²) in [5.74, 6) is -0.788. The molecule has 0 saturated carbocycles. The fraction of sp³-hybridized carbons (Fsp3) is 0.300. The summed E-state index contributed by atoms with van der Waals surface area (Å²) in [5.41, 5.74) is 0.355. The van der Waals surface area contributed by atoms with Gasteiger partial charge in [0.15, 0.2) is 0 Å². The maximum absolute atomic E-state index is 12.8. The molecular formula is C20H23ClN2O6S. The van der Waals surface area contributed by atoms with Gasteiger partial charge in [-0.2, -0.15) is 0 Å². The highest BCUT2D eigenvalue weighted by atomic mass is 35.5. The van der Waals surface area contributed by atoms with E-state index in [-0.39, 0.29) is 45.1 Å². The normalized spacial score (nSPS) is 11.1. The monoisotopic (exact) mass is 454 g/mol. The first kappa shape index (κ1) is 23.5. The van der Waals surface area contributed by atoms with Gasteiger partial charge in [-0.3, -0.25) is 9.52 Å². The number of hydrogen-bond donors (Lipinski definition) is 2. The minimum Gasteiger partial charge on any atom is -0.496 e. The number of nitrogens with one attached hydrogen (secondary N) is 2. The topological polar surface area (TPSA) is 111 Å². The van der Waals surface area contributed by atoms with Crippen molar-refractivity contribution in [2.24, 2.45) is 0 Å². The number of carbonyl (C=O) groups is 2. The second-order valence-corrected chi connectivity index (χ2v) is 8.60. The third-order valence-electron chi connectivity index (χ3n) is 3.87. The Bertz CT molecular complexity index is 1050. The summed E-state index contributed by atoms with van der Waals surface area (Å²) in [7, 11) is -2.69. The minimum atomic E-state index is -4.07. The maximum Gasteiger partial charge on any atom is 0.338 e. The second-order valence-electron chi connectivity index (χ2n) is 6.51. The van der Waals surface area contributed by atoms with Crippen molar-refractivity contribution >= 4 is 39.2 Å². The molecule has 8 nitrogen and oxygen atoms in total. The Balaban J connectivity index is 2.35. The molecule has 0 spiro atoms. The molecule has 2 N–H and O–H groups in total. The van der Waals surface area contributed by atoms with Crippen LogP contribution < -0.4 is 14.8 Å². The number of hydrogen-bond acceptors (Lipinski definition) is 6. The molecule has 0 atom stereocenters. The zero-order chi connectivity index (χ0) is 22.5. The number of esters is 1. The fourth-order valence-corrected chi connectivity index (χ4v) is 3.90. The Kier molecular flexibility index (Phi) is 7.69. The number of carbonyl (C=O) groups excluding carboxylic acids is 2. The number of anilines is 1. The highest BCUT2D eigenvalue weighted by Crippen LogP contribution is 2.28. The van der Waals surface area contributed by atoms with Crippen molar-refractivity contribution in [3.8, 4) is 5.75 Å². The van der Waals surface area contributed by atoms with Crippen LogP contribution >= 0.6 is 11.6 Å². The second kappa shape index (κ2) is 9.82.